The van der Waals surface area contributed by atoms with Gasteiger partial charge in [-0.1, -0.05) is 6.42 Å². The second-order valence-corrected chi connectivity index (χ2v) is 4.89. The maximum Gasteiger partial charge on any atom is 0.0697 e. The molecule has 2 N–H and O–H groups in total. The lowest BCUT2D eigenvalue weighted by Crippen LogP contribution is -2.19. The Balaban J connectivity index is 3.12. The molecule has 0 atom stereocenters. The number of hydrogen-bond acceptors (Lipinski definition) is 4. The van der Waals surface area contributed by atoms with Crippen LogP contribution in [0.4, 0.5) is 0 Å². The molecule has 100 valence electrons. The van der Waals surface area contributed by atoms with Crippen LogP contribution in [0.1, 0.15) is 39.5 Å². The number of nitrogens with zero attached hydrogens (tertiary/aromatic N) is 1. The van der Waals surface area contributed by atoms with Crippen molar-refractivity contribution in [3.05, 3.63) is 0 Å². The predicted octanol–water partition coefficient (Wildman–Crippen LogP) is 1.70. The molecule has 0 aliphatic rings. The van der Waals surface area contributed by atoms with Crippen LogP contribution in [0.15, 0.2) is 0 Å². The Bertz CT molecular complexity index is 212. The number of aliphatic hydroxyl groups is 1. The van der Waals surface area contributed by atoms with Gasteiger partial charge in [0.2, 0.25) is 0 Å². The van der Waals surface area contributed by atoms with Gasteiger partial charge in [0.15, 0.2) is 0 Å². The van der Waals surface area contributed by atoms with E-state index in [1.54, 1.807) is 0 Å². The molecule has 0 spiro atoms. The molecule has 0 unspecified atom stereocenters. The highest BCUT2D eigenvalue weighted by molar-refractivity contribution is 4.91. The first-order valence-electron chi connectivity index (χ1n) is 6.43. The SMILES string of the molecule is CC(C)(C#N)CCCCNCCCOCCO. The first-order chi connectivity index (χ1) is 8.12. The van der Waals surface area contributed by atoms with Gasteiger partial charge in [0.1, 0.15) is 0 Å². The van der Waals surface area contributed by atoms with Gasteiger partial charge in [0.05, 0.1) is 24.7 Å². The van der Waals surface area contributed by atoms with Crippen LogP contribution in [0.5, 0.6) is 0 Å². The van der Waals surface area contributed by atoms with E-state index in [0.717, 1.165) is 38.8 Å². The molecule has 0 amide bonds. The molecule has 0 saturated carbocycles. The standard InChI is InChI=1S/C13H26N2O2/c1-13(2,12-14)6-3-4-7-15-8-5-10-17-11-9-16/h15-16H,3-11H2,1-2H3. The maximum atomic E-state index is 8.84. The second kappa shape index (κ2) is 10.5. The summed E-state index contributed by atoms with van der Waals surface area (Å²) in [5.74, 6) is 0. The highest BCUT2D eigenvalue weighted by Gasteiger charge is 2.14. The molecule has 0 rings (SSSR count). The summed E-state index contributed by atoms with van der Waals surface area (Å²) in [5.41, 5.74) is -0.182. The van der Waals surface area contributed by atoms with E-state index in [0.29, 0.717) is 13.2 Å². The van der Waals surface area contributed by atoms with Gasteiger partial charge in [-0.3, -0.25) is 0 Å². The van der Waals surface area contributed by atoms with E-state index >= 15 is 0 Å². The molecule has 0 aromatic carbocycles. The quantitative estimate of drug-likeness (QED) is 0.541. The third-order valence-corrected chi connectivity index (χ3v) is 2.59. The summed E-state index contributed by atoms with van der Waals surface area (Å²) in [6, 6.07) is 2.31. The Hall–Kier alpha value is -0.630. The molecule has 0 saturated heterocycles. The fourth-order valence-corrected chi connectivity index (χ4v) is 1.46. The third-order valence-electron chi connectivity index (χ3n) is 2.59. The lowest BCUT2D eigenvalue weighted by atomic mass is 9.89. The zero-order valence-corrected chi connectivity index (χ0v) is 11.2. The van der Waals surface area contributed by atoms with E-state index in [1.807, 2.05) is 13.8 Å². The second-order valence-electron chi connectivity index (χ2n) is 4.89. The van der Waals surface area contributed by atoms with Gasteiger partial charge in [0.25, 0.3) is 0 Å². The maximum absolute atomic E-state index is 8.84. The van der Waals surface area contributed by atoms with Gasteiger partial charge in [-0.05, 0) is 46.2 Å². The van der Waals surface area contributed by atoms with Crippen LogP contribution < -0.4 is 5.32 Å². The molecule has 0 heterocycles. The van der Waals surface area contributed by atoms with Crippen LogP contribution in [-0.2, 0) is 4.74 Å². The summed E-state index contributed by atoms with van der Waals surface area (Å²) in [5, 5.41) is 20.7. The van der Waals surface area contributed by atoms with Crippen molar-refractivity contribution in [3.63, 3.8) is 0 Å². The van der Waals surface area contributed by atoms with Crippen molar-refractivity contribution in [1.82, 2.24) is 5.32 Å². The van der Waals surface area contributed by atoms with Crippen LogP contribution >= 0.6 is 0 Å². The molecular weight excluding hydrogens is 216 g/mol. The molecule has 0 aromatic rings. The minimum Gasteiger partial charge on any atom is -0.394 e. The van der Waals surface area contributed by atoms with Crippen LogP contribution in [0.2, 0.25) is 0 Å². The van der Waals surface area contributed by atoms with E-state index < -0.39 is 0 Å². The zero-order valence-electron chi connectivity index (χ0n) is 11.2. The smallest absolute Gasteiger partial charge is 0.0697 e. The molecule has 4 nitrogen and oxygen atoms in total. The van der Waals surface area contributed by atoms with E-state index in [-0.39, 0.29) is 12.0 Å². The molecule has 0 aliphatic carbocycles. The summed E-state index contributed by atoms with van der Waals surface area (Å²) in [6.45, 7) is 7.16. The van der Waals surface area contributed by atoms with E-state index in [2.05, 4.69) is 11.4 Å². The van der Waals surface area contributed by atoms with Gasteiger partial charge in [0, 0.05) is 6.61 Å². The summed E-state index contributed by atoms with van der Waals surface area (Å²) in [6.07, 6.45) is 4.14. The van der Waals surface area contributed by atoms with Gasteiger partial charge >= 0.3 is 0 Å². The number of aliphatic hydroxyl groups excluding tert-OH is 1. The van der Waals surface area contributed by atoms with Crippen molar-refractivity contribution in [2.24, 2.45) is 5.41 Å². The van der Waals surface area contributed by atoms with Crippen molar-refractivity contribution < 1.29 is 9.84 Å². The van der Waals surface area contributed by atoms with E-state index in [1.165, 1.54) is 0 Å². The summed E-state index contributed by atoms with van der Waals surface area (Å²) < 4.78 is 5.14. The lowest BCUT2D eigenvalue weighted by molar-refractivity contribution is 0.0907. The van der Waals surface area contributed by atoms with Crippen molar-refractivity contribution in [2.75, 3.05) is 32.9 Å². The summed E-state index contributed by atoms with van der Waals surface area (Å²) in [4.78, 5) is 0. The van der Waals surface area contributed by atoms with Crippen LogP contribution in [0, 0.1) is 16.7 Å². The van der Waals surface area contributed by atoms with Crippen molar-refractivity contribution in [1.29, 1.82) is 5.26 Å². The van der Waals surface area contributed by atoms with Crippen molar-refractivity contribution in [3.8, 4) is 6.07 Å². The molecule has 0 aromatic heterocycles. The Labute approximate surface area is 105 Å². The first kappa shape index (κ1) is 16.4. The molecular formula is C13H26N2O2. The minimum atomic E-state index is -0.182. The number of rotatable bonds is 11. The van der Waals surface area contributed by atoms with Crippen LogP contribution in [-0.4, -0.2) is 38.0 Å². The molecule has 17 heavy (non-hydrogen) atoms. The van der Waals surface area contributed by atoms with Gasteiger partial charge in [-0.2, -0.15) is 5.26 Å². The highest BCUT2D eigenvalue weighted by Crippen LogP contribution is 2.21. The molecule has 4 heteroatoms. The average molecular weight is 242 g/mol. The van der Waals surface area contributed by atoms with Gasteiger partial charge in [-0.15, -0.1) is 0 Å². The Morgan fingerprint density at radius 2 is 1.88 bits per heavy atom. The monoisotopic (exact) mass is 242 g/mol. The third kappa shape index (κ3) is 11.6. The van der Waals surface area contributed by atoms with Crippen molar-refractivity contribution in [2.45, 2.75) is 39.5 Å². The topological polar surface area (TPSA) is 65.3 Å². The fraction of sp³-hybridized carbons (Fsp3) is 0.923. The minimum absolute atomic E-state index is 0.0993. The average Bonchev–Trinajstić information content (AvgIpc) is 2.31. The molecule has 0 radical (unpaired) electrons. The number of unbranched alkanes of at least 4 members (excludes halogenated alkanes) is 1. The number of nitriles is 1. The molecule has 0 bridgehead atoms. The summed E-state index contributed by atoms with van der Waals surface area (Å²) in [7, 11) is 0. The number of hydrogen-bond donors (Lipinski definition) is 2. The van der Waals surface area contributed by atoms with Crippen LogP contribution in [0.25, 0.3) is 0 Å². The Morgan fingerprint density at radius 3 is 2.53 bits per heavy atom. The Kier molecular flexibility index (Phi) is 10.1. The van der Waals surface area contributed by atoms with E-state index in [4.69, 9.17) is 15.1 Å². The lowest BCUT2D eigenvalue weighted by Gasteiger charge is -2.14. The van der Waals surface area contributed by atoms with Gasteiger partial charge in [-0.25, -0.2) is 0 Å². The highest BCUT2D eigenvalue weighted by atomic mass is 16.5. The Morgan fingerprint density at radius 1 is 1.18 bits per heavy atom. The van der Waals surface area contributed by atoms with Crippen molar-refractivity contribution >= 4 is 0 Å². The van der Waals surface area contributed by atoms with Crippen LogP contribution in [0.3, 0.4) is 0 Å². The number of ether oxygens (including phenoxy) is 1. The number of nitrogens with one attached hydrogen (secondary N) is 1. The predicted molar refractivity (Wildman–Crippen MR) is 68.6 cm³/mol. The zero-order chi connectivity index (χ0) is 13.0. The normalized spacial score (nSPS) is 11.4. The van der Waals surface area contributed by atoms with Gasteiger partial charge < -0.3 is 15.2 Å². The molecule has 0 aliphatic heterocycles. The fourth-order valence-electron chi connectivity index (χ4n) is 1.46. The summed E-state index contributed by atoms with van der Waals surface area (Å²) >= 11 is 0. The first-order valence-corrected chi connectivity index (χ1v) is 6.43. The van der Waals surface area contributed by atoms with E-state index in [9.17, 15) is 0 Å². The largest absolute Gasteiger partial charge is 0.394 e. The molecule has 0 fully saturated rings.